The number of aliphatic hydroxyl groups excluding tert-OH is 1. The zero-order valence-electron chi connectivity index (χ0n) is 10.2. The predicted molar refractivity (Wildman–Crippen MR) is 65.9 cm³/mol. The van der Waals surface area contributed by atoms with Gasteiger partial charge < -0.3 is 20.3 Å². The monoisotopic (exact) mass is 265 g/mol. The van der Waals surface area contributed by atoms with Gasteiger partial charge in [-0.05, 0) is 6.07 Å². The van der Waals surface area contributed by atoms with Crippen molar-refractivity contribution in [3.63, 3.8) is 0 Å². The molecule has 0 bridgehead atoms. The first kappa shape index (κ1) is 13.4. The summed E-state index contributed by atoms with van der Waals surface area (Å²) in [6, 6.07) is 6.09. The van der Waals surface area contributed by atoms with E-state index in [9.17, 15) is 9.59 Å². The number of rotatable bonds is 5. The quantitative estimate of drug-likeness (QED) is 0.702. The van der Waals surface area contributed by atoms with Crippen LogP contribution in [0.1, 0.15) is 17.9 Å². The fourth-order valence-electron chi connectivity index (χ4n) is 2.04. The van der Waals surface area contributed by atoms with Gasteiger partial charge in [-0.25, -0.2) is 4.79 Å². The van der Waals surface area contributed by atoms with Crippen LogP contribution in [0, 0.1) is 0 Å². The molecule has 6 heteroatoms. The SMILES string of the molecule is O=C(O)C(CCO)NC(=O)C1COc2ccccc21. The molecule has 1 heterocycles. The van der Waals surface area contributed by atoms with Crippen molar-refractivity contribution in [2.45, 2.75) is 18.4 Å². The number of carboxylic acids is 1. The van der Waals surface area contributed by atoms with Crippen LogP contribution in [0.4, 0.5) is 0 Å². The van der Waals surface area contributed by atoms with Crippen molar-refractivity contribution in [3.8, 4) is 5.75 Å². The van der Waals surface area contributed by atoms with Gasteiger partial charge >= 0.3 is 5.97 Å². The van der Waals surface area contributed by atoms with Crippen molar-refractivity contribution < 1.29 is 24.5 Å². The molecule has 1 aliphatic rings. The largest absolute Gasteiger partial charge is 0.492 e. The maximum atomic E-state index is 12.1. The second kappa shape index (κ2) is 5.71. The number of carbonyl (C=O) groups excluding carboxylic acids is 1. The number of ether oxygens (including phenoxy) is 1. The molecule has 0 fully saturated rings. The van der Waals surface area contributed by atoms with Gasteiger partial charge in [0.25, 0.3) is 0 Å². The highest BCUT2D eigenvalue weighted by Gasteiger charge is 2.32. The Morgan fingerprint density at radius 3 is 2.84 bits per heavy atom. The molecule has 0 radical (unpaired) electrons. The number of aliphatic carboxylic acids is 1. The van der Waals surface area contributed by atoms with Crippen molar-refractivity contribution in [1.29, 1.82) is 0 Å². The van der Waals surface area contributed by atoms with E-state index in [0.29, 0.717) is 5.75 Å². The van der Waals surface area contributed by atoms with Crippen molar-refractivity contribution in [2.75, 3.05) is 13.2 Å². The summed E-state index contributed by atoms with van der Waals surface area (Å²) in [5.41, 5.74) is 0.758. The minimum absolute atomic E-state index is 0.0176. The molecule has 2 atom stereocenters. The zero-order valence-corrected chi connectivity index (χ0v) is 10.2. The first-order valence-electron chi connectivity index (χ1n) is 5.99. The van der Waals surface area contributed by atoms with E-state index in [-0.39, 0.29) is 19.6 Å². The van der Waals surface area contributed by atoms with E-state index in [4.69, 9.17) is 14.9 Å². The fourth-order valence-corrected chi connectivity index (χ4v) is 2.04. The van der Waals surface area contributed by atoms with E-state index in [1.807, 2.05) is 6.07 Å². The first-order valence-corrected chi connectivity index (χ1v) is 5.99. The van der Waals surface area contributed by atoms with E-state index in [0.717, 1.165) is 5.56 Å². The molecular weight excluding hydrogens is 250 g/mol. The lowest BCUT2D eigenvalue weighted by Gasteiger charge is -2.16. The van der Waals surface area contributed by atoms with E-state index < -0.39 is 23.8 Å². The zero-order chi connectivity index (χ0) is 13.8. The number of nitrogens with one attached hydrogen (secondary N) is 1. The molecule has 1 aromatic rings. The Bertz CT molecular complexity index is 488. The third-order valence-electron chi connectivity index (χ3n) is 3.05. The van der Waals surface area contributed by atoms with Crippen LogP contribution in [0.5, 0.6) is 5.75 Å². The van der Waals surface area contributed by atoms with Crippen LogP contribution in [0.25, 0.3) is 0 Å². The minimum atomic E-state index is -1.16. The van der Waals surface area contributed by atoms with Crippen molar-refractivity contribution in [3.05, 3.63) is 29.8 Å². The number of hydrogen-bond donors (Lipinski definition) is 3. The van der Waals surface area contributed by atoms with Crippen molar-refractivity contribution >= 4 is 11.9 Å². The third-order valence-corrected chi connectivity index (χ3v) is 3.05. The summed E-state index contributed by atoms with van der Waals surface area (Å²) in [7, 11) is 0. The van der Waals surface area contributed by atoms with Crippen LogP contribution in [0.15, 0.2) is 24.3 Å². The lowest BCUT2D eigenvalue weighted by Crippen LogP contribution is -2.43. The van der Waals surface area contributed by atoms with Gasteiger partial charge in [-0.2, -0.15) is 0 Å². The Morgan fingerprint density at radius 2 is 2.16 bits per heavy atom. The van der Waals surface area contributed by atoms with Gasteiger partial charge in [0.05, 0.1) is 0 Å². The van der Waals surface area contributed by atoms with Gasteiger partial charge in [0.15, 0.2) is 0 Å². The average molecular weight is 265 g/mol. The van der Waals surface area contributed by atoms with Crippen LogP contribution in [-0.2, 0) is 9.59 Å². The summed E-state index contributed by atoms with van der Waals surface area (Å²) >= 11 is 0. The van der Waals surface area contributed by atoms with Crippen LogP contribution in [0.3, 0.4) is 0 Å². The Hall–Kier alpha value is -2.08. The van der Waals surface area contributed by atoms with Gasteiger partial charge in [-0.3, -0.25) is 4.79 Å². The van der Waals surface area contributed by atoms with Gasteiger partial charge in [0, 0.05) is 18.6 Å². The Morgan fingerprint density at radius 1 is 1.42 bits per heavy atom. The number of carboxylic acid groups (broad SMARTS) is 1. The van der Waals surface area contributed by atoms with Crippen molar-refractivity contribution in [1.82, 2.24) is 5.32 Å². The van der Waals surface area contributed by atoms with Crippen LogP contribution in [-0.4, -0.2) is 41.3 Å². The molecule has 0 aliphatic carbocycles. The first-order chi connectivity index (χ1) is 9.13. The van der Waals surface area contributed by atoms with E-state index in [2.05, 4.69) is 5.32 Å². The maximum absolute atomic E-state index is 12.1. The molecule has 102 valence electrons. The van der Waals surface area contributed by atoms with Crippen LogP contribution in [0.2, 0.25) is 0 Å². The number of benzene rings is 1. The van der Waals surface area contributed by atoms with Gasteiger partial charge in [-0.15, -0.1) is 0 Å². The topological polar surface area (TPSA) is 95.9 Å². The maximum Gasteiger partial charge on any atom is 0.326 e. The highest BCUT2D eigenvalue weighted by Crippen LogP contribution is 2.33. The molecular formula is C13H15NO5. The molecule has 0 spiro atoms. The minimum Gasteiger partial charge on any atom is -0.492 e. The number of carbonyl (C=O) groups is 2. The predicted octanol–water partition coefficient (Wildman–Crippen LogP) is 0.114. The molecule has 1 aliphatic heterocycles. The smallest absolute Gasteiger partial charge is 0.326 e. The molecule has 3 N–H and O–H groups in total. The molecule has 6 nitrogen and oxygen atoms in total. The number of hydrogen-bond acceptors (Lipinski definition) is 4. The second-order valence-corrected chi connectivity index (χ2v) is 4.31. The number of para-hydroxylation sites is 1. The molecule has 1 amide bonds. The molecule has 2 rings (SSSR count). The van der Waals surface area contributed by atoms with E-state index in [1.54, 1.807) is 18.2 Å². The number of aliphatic hydroxyl groups is 1. The highest BCUT2D eigenvalue weighted by molar-refractivity contribution is 5.89. The molecule has 1 aromatic carbocycles. The number of amides is 1. The van der Waals surface area contributed by atoms with Gasteiger partial charge in [0.1, 0.15) is 24.3 Å². The summed E-state index contributed by atoms with van der Waals surface area (Å²) in [4.78, 5) is 23.0. The molecule has 0 saturated heterocycles. The Kier molecular flexibility index (Phi) is 4.01. The van der Waals surface area contributed by atoms with E-state index in [1.165, 1.54) is 0 Å². The third kappa shape index (κ3) is 2.85. The lowest BCUT2D eigenvalue weighted by molar-refractivity contribution is -0.142. The summed E-state index contributed by atoms with van der Waals surface area (Å²) in [5.74, 6) is -1.41. The summed E-state index contributed by atoms with van der Waals surface area (Å²) in [6.45, 7) is -0.0916. The molecule has 2 unspecified atom stereocenters. The molecule has 0 saturated carbocycles. The van der Waals surface area contributed by atoms with Crippen LogP contribution >= 0.6 is 0 Å². The standard InChI is InChI=1S/C13H15NO5/c15-6-5-10(13(17)18)14-12(16)9-7-19-11-4-2-1-3-8(9)11/h1-4,9-10,15H,5-7H2,(H,14,16)(H,17,18). The van der Waals surface area contributed by atoms with Crippen LogP contribution < -0.4 is 10.1 Å². The van der Waals surface area contributed by atoms with Gasteiger partial charge in [-0.1, -0.05) is 18.2 Å². The Labute approximate surface area is 110 Å². The fraction of sp³-hybridized carbons (Fsp3) is 0.385. The van der Waals surface area contributed by atoms with Crippen molar-refractivity contribution in [2.24, 2.45) is 0 Å². The van der Waals surface area contributed by atoms with E-state index >= 15 is 0 Å². The Balaban J connectivity index is 2.07. The second-order valence-electron chi connectivity index (χ2n) is 4.31. The summed E-state index contributed by atoms with van der Waals surface area (Å²) in [6.07, 6.45) is -0.0176. The van der Waals surface area contributed by atoms with Gasteiger partial charge in [0.2, 0.25) is 5.91 Å². The normalized spacial score (nSPS) is 18.3. The summed E-state index contributed by atoms with van der Waals surface area (Å²) in [5, 5.41) is 20.1. The molecule has 19 heavy (non-hydrogen) atoms. The lowest BCUT2D eigenvalue weighted by atomic mass is 10.00. The highest BCUT2D eigenvalue weighted by atomic mass is 16.5. The molecule has 0 aromatic heterocycles. The summed E-state index contributed by atoms with van der Waals surface area (Å²) < 4.78 is 5.38. The average Bonchev–Trinajstić information content (AvgIpc) is 2.81. The number of fused-ring (bicyclic) bond motifs is 1.